The van der Waals surface area contributed by atoms with Crippen LogP contribution < -0.4 is 4.90 Å². The number of nitrogens with zero attached hydrogens (tertiary/aromatic N) is 4. The summed E-state index contributed by atoms with van der Waals surface area (Å²) in [6.45, 7) is 5.72. The maximum absolute atomic E-state index is 12.8. The van der Waals surface area contributed by atoms with Gasteiger partial charge >= 0.3 is 5.97 Å². The third-order valence-electron chi connectivity index (χ3n) is 6.16. The summed E-state index contributed by atoms with van der Waals surface area (Å²) in [5.74, 6) is 2.79. The number of aromatic nitrogens is 3. The smallest absolute Gasteiger partial charge is 0.342 e. The van der Waals surface area contributed by atoms with Crippen molar-refractivity contribution in [3.63, 3.8) is 0 Å². The summed E-state index contributed by atoms with van der Waals surface area (Å²) in [7, 11) is 0. The van der Waals surface area contributed by atoms with Gasteiger partial charge in [0.2, 0.25) is 5.89 Å². The number of anilines is 1. The molecule has 3 aromatic rings. The average Bonchev–Trinajstić information content (AvgIpc) is 3.50. The molecule has 156 valence electrons. The second-order valence-corrected chi connectivity index (χ2v) is 8.20. The van der Waals surface area contributed by atoms with E-state index in [-0.39, 0.29) is 11.9 Å². The van der Waals surface area contributed by atoms with Crippen LogP contribution in [0.5, 0.6) is 0 Å². The van der Waals surface area contributed by atoms with E-state index in [1.807, 2.05) is 38.1 Å². The van der Waals surface area contributed by atoms with E-state index in [0.29, 0.717) is 18.1 Å². The number of hydrogen-bond donors (Lipinski definition) is 0. The van der Waals surface area contributed by atoms with E-state index in [9.17, 15) is 4.79 Å². The van der Waals surface area contributed by atoms with Gasteiger partial charge in [0.15, 0.2) is 5.82 Å². The van der Waals surface area contributed by atoms with E-state index in [4.69, 9.17) is 14.2 Å². The van der Waals surface area contributed by atoms with Gasteiger partial charge in [-0.05, 0) is 51.2 Å². The molecular formula is C23H26N4O3. The quantitative estimate of drug-likeness (QED) is 0.582. The Morgan fingerprint density at radius 3 is 2.63 bits per heavy atom. The van der Waals surface area contributed by atoms with Crippen LogP contribution in [0.25, 0.3) is 10.9 Å². The first-order valence-corrected chi connectivity index (χ1v) is 10.8. The molecule has 3 heterocycles. The first-order valence-electron chi connectivity index (χ1n) is 10.8. The molecule has 1 saturated carbocycles. The molecule has 0 radical (unpaired) electrons. The minimum absolute atomic E-state index is 0.282. The summed E-state index contributed by atoms with van der Waals surface area (Å²) < 4.78 is 10.8. The van der Waals surface area contributed by atoms with Crippen LogP contribution in [0.4, 0.5) is 5.82 Å². The van der Waals surface area contributed by atoms with E-state index in [1.54, 1.807) is 0 Å². The molecule has 1 saturated heterocycles. The second kappa shape index (κ2) is 7.70. The van der Waals surface area contributed by atoms with E-state index in [1.165, 1.54) is 0 Å². The summed E-state index contributed by atoms with van der Waals surface area (Å²) in [6.07, 6.45) is 4.12. The first kappa shape index (κ1) is 19.0. The standard InChI is InChI=1S/C23H26N4O3/c1-3-29-23(28)19-14(2)17-6-4-5-7-18(17)24-21(19)27-12-10-15(11-13-27)20-25-22(30-26-20)16-8-9-16/h4-7,15-16H,3,8-13H2,1-2H3. The largest absolute Gasteiger partial charge is 0.462 e. The fourth-order valence-corrected chi connectivity index (χ4v) is 4.30. The Morgan fingerprint density at radius 1 is 1.13 bits per heavy atom. The highest BCUT2D eigenvalue weighted by Gasteiger charge is 2.33. The van der Waals surface area contributed by atoms with Gasteiger partial charge < -0.3 is 14.2 Å². The monoisotopic (exact) mass is 406 g/mol. The van der Waals surface area contributed by atoms with Crippen LogP contribution in [0.15, 0.2) is 28.8 Å². The number of fused-ring (bicyclic) bond motifs is 1. The van der Waals surface area contributed by atoms with Crippen LogP contribution in [-0.4, -0.2) is 40.8 Å². The predicted octanol–water partition coefficient (Wildman–Crippen LogP) is 4.36. The van der Waals surface area contributed by atoms with Crippen molar-refractivity contribution >= 4 is 22.7 Å². The summed E-state index contributed by atoms with van der Waals surface area (Å²) in [5, 5.41) is 5.21. The zero-order chi connectivity index (χ0) is 20.7. The maximum Gasteiger partial charge on any atom is 0.342 e. The zero-order valence-corrected chi connectivity index (χ0v) is 17.4. The number of rotatable bonds is 5. The Kier molecular flexibility index (Phi) is 4.89. The molecule has 0 bridgehead atoms. The molecule has 1 aliphatic heterocycles. The highest BCUT2D eigenvalue weighted by molar-refractivity contribution is 6.02. The van der Waals surface area contributed by atoms with Crippen LogP contribution >= 0.6 is 0 Å². The van der Waals surface area contributed by atoms with Crippen molar-refractivity contribution in [2.45, 2.75) is 51.4 Å². The lowest BCUT2D eigenvalue weighted by atomic mass is 9.95. The molecule has 7 nitrogen and oxygen atoms in total. The summed E-state index contributed by atoms with van der Waals surface area (Å²) in [5.41, 5.74) is 2.39. The molecule has 1 aromatic carbocycles. The summed E-state index contributed by atoms with van der Waals surface area (Å²) in [4.78, 5) is 24.5. The van der Waals surface area contributed by atoms with Crippen LogP contribution in [-0.2, 0) is 4.74 Å². The molecule has 1 aliphatic carbocycles. The number of pyridine rings is 1. The molecule has 5 rings (SSSR count). The third kappa shape index (κ3) is 3.42. The van der Waals surface area contributed by atoms with Gasteiger partial charge in [-0.15, -0.1) is 0 Å². The molecule has 2 aromatic heterocycles. The minimum Gasteiger partial charge on any atom is -0.462 e. The summed E-state index contributed by atoms with van der Waals surface area (Å²) in [6, 6.07) is 7.94. The topological polar surface area (TPSA) is 81.4 Å². The highest BCUT2D eigenvalue weighted by atomic mass is 16.5. The number of hydrogen-bond acceptors (Lipinski definition) is 7. The second-order valence-electron chi connectivity index (χ2n) is 8.20. The first-order chi connectivity index (χ1) is 14.7. The van der Waals surface area contributed by atoms with Gasteiger partial charge in [0.1, 0.15) is 11.4 Å². The number of piperidine rings is 1. The number of esters is 1. The molecule has 0 atom stereocenters. The molecule has 2 aliphatic rings. The highest BCUT2D eigenvalue weighted by Crippen LogP contribution is 2.40. The molecular weight excluding hydrogens is 380 g/mol. The van der Waals surface area contributed by atoms with Crippen LogP contribution in [0.2, 0.25) is 0 Å². The maximum atomic E-state index is 12.8. The third-order valence-corrected chi connectivity index (χ3v) is 6.16. The van der Waals surface area contributed by atoms with Gasteiger partial charge in [-0.3, -0.25) is 0 Å². The number of aryl methyl sites for hydroxylation is 1. The van der Waals surface area contributed by atoms with Crippen LogP contribution in [0.3, 0.4) is 0 Å². The fourth-order valence-electron chi connectivity index (χ4n) is 4.30. The van der Waals surface area contributed by atoms with Crippen LogP contribution in [0, 0.1) is 6.92 Å². The minimum atomic E-state index is -0.308. The van der Waals surface area contributed by atoms with Gasteiger partial charge in [0.05, 0.1) is 12.1 Å². The number of carbonyl (C=O) groups excluding carboxylic acids is 1. The van der Waals surface area contributed by atoms with Crippen molar-refractivity contribution in [1.82, 2.24) is 15.1 Å². The molecule has 0 amide bonds. The Labute approximate surface area is 175 Å². The molecule has 0 spiro atoms. The molecule has 0 N–H and O–H groups in total. The van der Waals surface area contributed by atoms with Crippen molar-refractivity contribution in [1.29, 1.82) is 0 Å². The lowest BCUT2D eigenvalue weighted by molar-refractivity contribution is 0.0526. The number of para-hydroxylation sites is 1. The lowest BCUT2D eigenvalue weighted by Gasteiger charge is -2.33. The van der Waals surface area contributed by atoms with Crippen LogP contribution in [0.1, 0.15) is 72.1 Å². The molecule has 0 unspecified atom stereocenters. The average molecular weight is 406 g/mol. The predicted molar refractivity (Wildman–Crippen MR) is 113 cm³/mol. The van der Waals surface area contributed by atoms with Gasteiger partial charge in [0, 0.05) is 30.3 Å². The van der Waals surface area contributed by atoms with E-state index < -0.39 is 0 Å². The Balaban J connectivity index is 1.42. The number of carbonyl (C=O) groups is 1. The van der Waals surface area contributed by atoms with Gasteiger partial charge in [-0.2, -0.15) is 4.98 Å². The summed E-state index contributed by atoms with van der Waals surface area (Å²) >= 11 is 0. The van der Waals surface area contributed by atoms with Gasteiger partial charge in [-0.1, -0.05) is 23.4 Å². The van der Waals surface area contributed by atoms with E-state index in [2.05, 4.69) is 15.0 Å². The number of benzene rings is 1. The fraction of sp³-hybridized carbons (Fsp3) is 0.478. The molecule has 7 heteroatoms. The molecule has 2 fully saturated rings. The lowest BCUT2D eigenvalue weighted by Crippen LogP contribution is -2.35. The van der Waals surface area contributed by atoms with Crippen molar-refractivity contribution in [2.24, 2.45) is 0 Å². The van der Waals surface area contributed by atoms with Gasteiger partial charge in [0.25, 0.3) is 0 Å². The Hall–Kier alpha value is -2.96. The van der Waals surface area contributed by atoms with Crippen molar-refractivity contribution < 1.29 is 14.1 Å². The SMILES string of the molecule is CCOC(=O)c1c(N2CCC(c3noc(C4CC4)n3)CC2)nc2ccccc2c1C. The van der Waals surface area contributed by atoms with Gasteiger partial charge in [-0.25, -0.2) is 9.78 Å². The van der Waals surface area contributed by atoms with Crippen molar-refractivity contribution in [3.05, 3.63) is 47.1 Å². The van der Waals surface area contributed by atoms with Crippen molar-refractivity contribution in [2.75, 3.05) is 24.6 Å². The molecule has 30 heavy (non-hydrogen) atoms. The normalized spacial score (nSPS) is 17.5. The van der Waals surface area contributed by atoms with Crippen molar-refractivity contribution in [3.8, 4) is 0 Å². The Morgan fingerprint density at radius 2 is 1.90 bits per heavy atom. The zero-order valence-electron chi connectivity index (χ0n) is 17.4. The Bertz CT molecular complexity index is 1080. The van der Waals surface area contributed by atoms with E-state index in [0.717, 1.165) is 72.8 Å². The van der Waals surface area contributed by atoms with E-state index >= 15 is 0 Å². The number of ether oxygens (including phenoxy) is 1.